The van der Waals surface area contributed by atoms with Gasteiger partial charge in [-0.2, -0.15) is 0 Å². The highest BCUT2D eigenvalue weighted by Crippen LogP contribution is 2.26. The second-order valence-corrected chi connectivity index (χ2v) is 7.06. The average Bonchev–Trinajstić information content (AvgIpc) is 2.75. The Morgan fingerprint density at radius 1 is 1.18 bits per heavy atom. The van der Waals surface area contributed by atoms with Crippen molar-refractivity contribution in [3.05, 3.63) is 54.1 Å². The molecule has 3 rings (SSSR count). The van der Waals surface area contributed by atoms with Crippen LogP contribution in [0.1, 0.15) is 31.7 Å². The van der Waals surface area contributed by atoms with Crippen LogP contribution in [0.4, 0.5) is 5.69 Å². The Hall–Kier alpha value is -2.69. The van der Waals surface area contributed by atoms with Gasteiger partial charge in [0.25, 0.3) is 5.91 Å². The smallest absolute Gasteiger partial charge is 0.261 e. The lowest BCUT2D eigenvalue weighted by atomic mass is 10.0. The number of aryl methyl sites for hydroxylation is 1. The van der Waals surface area contributed by atoms with Crippen molar-refractivity contribution in [2.24, 2.45) is 0 Å². The van der Waals surface area contributed by atoms with Gasteiger partial charge in [-0.15, -0.1) is 0 Å². The zero-order valence-electron chi connectivity index (χ0n) is 16.8. The number of carbonyl (C=O) groups excluding carboxylic acids is 1. The molecule has 28 heavy (non-hydrogen) atoms. The Morgan fingerprint density at radius 2 is 2.00 bits per heavy atom. The minimum Gasteiger partial charge on any atom is -0.497 e. The van der Waals surface area contributed by atoms with Gasteiger partial charge in [0.15, 0.2) is 6.10 Å². The molecule has 1 atom stereocenters. The van der Waals surface area contributed by atoms with Crippen molar-refractivity contribution in [2.75, 3.05) is 31.6 Å². The third-order valence-corrected chi connectivity index (χ3v) is 5.09. The molecule has 0 unspecified atom stereocenters. The van der Waals surface area contributed by atoms with Crippen LogP contribution in [-0.4, -0.2) is 38.8 Å². The van der Waals surface area contributed by atoms with Crippen LogP contribution in [-0.2, 0) is 11.2 Å². The number of anilines is 1. The lowest BCUT2D eigenvalue weighted by Crippen LogP contribution is -2.39. The van der Waals surface area contributed by atoms with Gasteiger partial charge in [-0.3, -0.25) is 4.79 Å². The van der Waals surface area contributed by atoms with Crippen LogP contribution in [0.5, 0.6) is 11.5 Å². The highest BCUT2D eigenvalue weighted by molar-refractivity contribution is 5.81. The van der Waals surface area contributed by atoms with Crippen LogP contribution in [0.15, 0.2) is 48.5 Å². The number of amides is 1. The van der Waals surface area contributed by atoms with Crippen LogP contribution >= 0.6 is 0 Å². The van der Waals surface area contributed by atoms with Crippen molar-refractivity contribution in [1.29, 1.82) is 0 Å². The van der Waals surface area contributed by atoms with Crippen molar-refractivity contribution in [1.82, 2.24) is 5.32 Å². The van der Waals surface area contributed by atoms with Crippen molar-refractivity contribution < 1.29 is 14.3 Å². The molecule has 5 nitrogen and oxygen atoms in total. The quantitative estimate of drug-likeness (QED) is 0.670. The van der Waals surface area contributed by atoms with Crippen LogP contribution in [0.3, 0.4) is 0 Å². The van der Waals surface area contributed by atoms with E-state index in [0.29, 0.717) is 18.7 Å². The monoisotopic (exact) mass is 382 g/mol. The Labute approximate surface area is 167 Å². The van der Waals surface area contributed by atoms with Gasteiger partial charge in [0.1, 0.15) is 11.5 Å². The Bertz CT molecular complexity index is 778. The van der Waals surface area contributed by atoms with E-state index < -0.39 is 6.10 Å². The van der Waals surface area contributed by atoms with Gasteiger partial charge in [0, 0.05) is 31.4 Å². The van der Waals surface area contributed by atoms with E-state index >= 15 is 0 Å². The molecule has 0 aromatic heterocycles. The van der Waals surface area contributed by atoms with Gasteiger partial charge in [-0.25, -0.2) is 0 Å². The maximum Gasteiger partial charge on any atom is 0.261 e. The Balaban J connectivity index is 1.45. The van der Waals surface area contributed by atoms with Crippen LogP contribution in [0, 0.1) is 0 Å². The molecule has 1 amide bonds. The normalized spacial score (nSPS) is 14.1. The highest BCUT2D eigenvalue weighted by atomic mass is 16.5. The first-order valence-electron chi connectivity index (χ1n) is 10.1. The maximum absolute atomic E-state index is 12.5. The molecule has 0 aliphatic carbocycles. The van der Waals surface area contributed by atoms with Gasteiger partial charge < -0.3 is 19.7 Å². The number of methoxy groups -OCH3 is 1. The molecule has 150 valence electrons. The fourth-order valence-corrected chi connectivity index (χ4v) is 3.60. The fraction of sp³-hybridized carbons (Fsp3) is 0.435. The summed E-state index contributed by atoms with van der Waals surface area (Å²) in [6.45, 7) is 4.64. The highest BCUT2D eigenvalue weighted by Gasteiger charge is 2.19. The number of hydrogen-bond donors (Lipinski definition) is 1. The summed E-state index contributed by atoms with van der Waals surface area (Å²) in [7, 11) is 1.61. The van der Waals surface area contributed by atoms with Gasteiger partial charge >= 0.3 is 0 Å². The number of benzene rings is 2. The molecule has 2 aromatic carbocycles. The molecule has 0 saturated carbocycles. The van der Waals surface area contributed by atoms with E-state index in [1.54, 1.807) is 13.2 Å². The van der Waals surface area contributed by atoms with E-state index in [1.807, 2.05) is 25.1 Å². The minimum atomic E-state index is -0.497. The number of hydrogen-bond acceptors (Lipinski definition) is 4. The Morgan fingerprint density at radius 3 is 2.82 bits per heavy atom. The van der Waals surface area contributed by atoms with E-state index in [9.17, 15) is 4.79 Å². The predicted octanol–water partition coefficient (Wildman–Crippen LogP) is 3.81. The largest absolute Gasteiger partial charge is 0.497 e. The van der Waals surface area contributed by atoms with Gasteiger partial charge in [-0.05, 0) is 49.4 Å². The number of rotatable bonds is 9. The van der Waals surface area contributed by atoms with Crippen molar-refractivity contribution in [2.45, 2.75) is 38.7 Å². The second-order valence-electron chi connectivity index (χ2n) is 7.06. The lowest BCUT2D eigenvalue weighted by Gasteiger charge is -2.31. The summed E-state index contributed by atoms with van der Waals surface area (Å²) in [6, 6.07) is 16.0. The topological polar surface area (TPSA) is 50.8 Å². The Kier molecular flexibility index (Phi) is 7.18. The molecule has 1 aliphatic heterocycles. The summed E-state index contributed by atoms with van der Waals surface area (Å²) < 4.78 is 11.1. The summed E-state index contributed by atoms with van der Waals surface area (Å²) >= 11 is 0. The summed E-state index contributed by atoms with van der Waals surface area (Å²) in [5.74, 6) is 1.30. The SMILES string of the molecule is CC[C@H](Oc1cccc(OC)c1)C(=O)NCCCN1CCCc2ccccc21. The summed E-state index contributed by atoms with van der Waals surface area (Å²) in [5, 5.41) is 3.02. The lowest BCUT2D eigenvalue weighted by molar-refractivity contribution is -0.128. The van der Waals surface area contributed by atoms with E-state index in [0.717, 1.165) is 31.7 Å². The molecule has 1 heterocycles. The zero-order chi connectivity index (χ0) is 19.8. The molecule has 1 aliphatic rings. The summed E-state index contributed by atoms with van der Waals surface area (Å²) in [6.07, 6.45) is 3.37. The number of fused-ring (bicyclic) bond motifs is 1. The van der Waals surface area contributed by atoms with E-state index in [-0.39, 0.29) is 5.91 Å². The molecular formula is C23H30N2O3. The van der Waals surface area contributed by atoms with E-state index in [1.165, 1.54) is 17.7 Å². The van der Waals surface area contributed by atoms with Crippen molar-refractivity contribution in [3.63, 3.8) is 0 Å². The van der Waals surface area contributed by atoms with Crippen LogP contribution in [0.2, 0.25) is 0 Å². The molecule has 0 bridgehead atoms. The number of para-hydroxylation sites is 1. The number of ether oxygens (including phenoxy) is 2. The third kappa shape index (κ3) is 5.18. The van der Waals surface area contributed by atoms with Gasteiger partial charge in [0.05, 0.1) is 7.11 Å². The van der Waals surface area contributed by atoms with Gasteiger partial charge in [0.2, 0.25) is 0 Å². The first-order chi connectivity index (χ1) is 13.7. The maximum atomic E-state index is 12.5. The van der Waals surface area contributed by atoms with Crippen LogP contribution in [0.25, 0.3) is 0 Å². The molecule has 5 heteroatoms. The zero-order valence-corrected chi connectivity index (χ0v) is 16.8. The number of carbonyl (C=O) groups is 1. The fourth-order valence-electron chi connectivity index (χ4n) is 3.60. The molecule has 1 N–H and O–H groups in total. The number of nitrogens with one attached hydrogen (secondary N) is 1. The average molecular weight is 383 g/mol. The summed E-state index contributed by atoms with van der Waals surface area (Å²) in [4.78, 5) is 14.9. The molecule has 0 saturated heterocycles. The molecule has 0 fully saturated rings. The third-order valence-electron chi connectivity index (χ3n) is 5.09. The molecule has 0 spiro atoms. The standard InChI is InChI=1S/C23H30N2O3/c1-3-22(28-20-12-6-11-19(17-20)27-2)23(26)24-14-8-16-25-15-7-10-18-9-4-5-13-21(18)25/h4-6,9,11-13,17,22H,3,7-8,10,14-16H2,1-2H3,(H,24,26)/t22-/m0/s1. The van der Waals surface area contributed by atoms with Gasteiger partial charge in [-0.1, -0.05) is 31.2 Å². The van der Waals surface area contributed by atoms with E-state index in [2.05, 4.69) is 34.5 Å². The minimum absolute atomic E-state index is 0.0654. The predicted molar refractivity (Wildman–Crippen MR) is 112 cm³/mol. The first-order valence-corrected chi connectivity index (χ1v) is 10.1. The van der Waals surface area contributed by atoms with Crippen molar-refractivity contribution >= 4 is 11.6 Å². The van der Waals surface area contributed by atoms with Crippen LogP contribution < -0.4 is 19.7 Å². The summed E-state index contributed by atoms with van der Waals surface area (Å²) in [5.41, 5.74) is 2.77. The molecule has 0 radical (unpaired) electrons. The van der Waals surface area contributed by atoms with E-state index in [4.69, 9.17) is 9.47 Å². The van der Waals surface area contributed by atoms with Crippen molar-refractivity contribution in [3.8, 4) is 11.5 Å². The second kappa shape index (κ2) is 10.0. The number of nitrogens with zero attached hydrogens (tertiary/aromatic N) is 1. The molecular weight excluding hydrogens is 352 g/mol. The molecule has 2 aromatic rings. The first kappa shape index (κ1) is 20.1.